The summed E-state index contributed by atoms with van der Waals surface area (Å²) in [5, 5.41) is 0.0395. The molecule has 4 aliphatic rings. The number of carbonyl (C=O) groups is 4. The number of aryl methyl sites for hydroxylation is 1. The zero-order chi connectivity index (χ0) is 29.8. The van der Waals surface area contributed by atoms with Crippen molar-refractivity contribution in [1.82, 2.24) is 0 Å². The molecule has 0 radical (unpaired) electrons. The van der Waals surface area contributed by atoms with Crippen LogP contribution in [-0.4, -0.2) is 44.3 Å². The number of anilines is 2. The predicted octanol–water partition coefficient (Wildman–Crippen LogP) is 6.56. The largest absolute Gasteiger partial charge is 0.426 e. The van der Waals surface area contributed by atoms with Crippen molar-refractivity contribution in [2.24, 2.45) is 17.8 Å². The number of carbonyl (C=O) groups excluding carboxylic acids is 4. The Bertz CT molecular complexity index is 1570. The fraction of sp³-hybridized carbons (Fsp3) is 0.333. The maximum Gasteiger partial charge on any atom is 0.316 e. The Morgan fingerprint density at radius 3 is 2.02 bits per heavy atom. The Balaban J connectivity index is 1.22. The molecule has 0 N–H and O–H groups in total. The minimum Gasteiger partial charge on any atom is -0.426 e. The molecule has 2 saturated heterocycles. The lowest BCUT2D eigenvalue weighted by molar-refractivity contribution is -0.139. The molecule has 41 heavy (non-hydrogen) atoms. The van der Waals surface area contributed by atoms with Crippen LogP contribution in [0.5, 0.6) is 5.75 Å². The topological polar surface area (TPSA) is 84.0 Å². The molecular weight excluding hydrogens is 680 g/mol. The van der Waals surface area contributed by atoms with E-state index in [9.17, 15) is 19.2 Å². The number of halogens is 7. The number of para-hydroxylation sites is 1. The van der Waals surface area contributed by atoms with E-state index in [0.717, 1.165) is 4.90 Å². The van der Waals surface area contributed by atoms with Gasteiger partial charge >= 0.3 is 5.97 Å². The molecule has 2 aliphatic carbocycles. The number of ether oxygens (including phenoxy) is 1. The van der Waals surface area contributed by atoms with Crippen LogP contribution in [0.1, 0.15) is 12.0 Å². The summed E-state index contributed by atoms with van der Waals surface area (Å²) in [6, 6.07) is 11.2. The molecular formula is C27H17Cl7N2O5. The second-order valence-corrected chi connectivity index (χ2v) is 14.0. The Hall–Kier alpha value is -1.71. The maximum atomic E-state index is 13.7. The van der Waals surface area contributed by atoms with Crippen molar-refractivity contribution in [2.45, 2.75) is 27.4 Å². The molecule has 0 spiro atoms. The number of nitrogens with zero attached hydrogens (tertiary/aromatic N) is 2. The summed E-state index contributed by atoms with van der Waals surface area (Å²) in [5.74, 6) is -5.33. The van der Waals surface area contributed by atoms with Crippen LogP contribution < -0.4 is 14.5 Å². The van der Waals surface area contributed by atoms with E-state index in [1.54, 1.807) is 31.2 Å². The Kier molecular flexibility index (Phi) is 6.91. The molecule has 2 aliphatic heterocycles. The molecule has 6 rings (SSSR count). The molecule has 2 heterocycles. The van der Waals surface area contributed by atoms with Crippen LogP contribution in [-0.2, 0) is 19.2 Å². The van der Waals surface area contributed by atoms with E-state index in [4.69, 9.17) is 85.9 Å². The normalized spacial score (nSPS) is 31.9. The van der Waals surface area contributed by atoms with Crippen molar-refractivity contribution in [1.29, 1.82) is 0 Å². The van der Waals surface area contributed by atoms with Crippen molar-refractivity contribution in [2.75, 3.05) is 16.3 Å². The van der Waals surface area contributed by atoms with Crippen LogP contribution in [0.3, 0.4) is 0 Å². The van der Waals surface area contributed by atoms with E-state index in [2.05, 4.69) is 0 Å². The number of imide groups is 1. The number of esters is 1. The summed E-state index contributed by atoms with van der Waals surface area (Å²) >= 11 is 45.6. The Labute approximate surface area is 269 Å². The zero-order valence-corrected chi connectivity index (χ0v) is 26.1. The summed E-state index contributed by atoms with van der Waals surface area (Å²) < 4.78 is 3.53. The highest BCUT2D eigenvalue weighted by Crippen LogP contribution is 2.77. The Morgan fingerprint density at radius 2 is 1.46 bits per heavy atom. The van der Waals surface area contributed by atoms with E-state index in [-0.39, 0.29) is 40.4 Å². The van der Waals surface area contributed by atoms with Gasteiger partial charge in [0.1, 0.15) is 15.5 Å². The van der Waals surface area contributed by atoms with Gasteiger partial charge in [-0.25, -0.2) is 4.90 Å². The van der Waals surface area contributed by atoms with Crippen LogP contribution in [0.2, 0.25) is 5.02 Å². The summed E-state index contributed by atoms with van der Waals surface area (Å²) in [5.41, 5.74) is 1.17. The van der Waals surface area contributed by atoms with Gasteiger partial charge in [-0.05, 0) is 42.8 Å². The molecule has 0 aromatic heterocycles. The average Bonchev–Trinajstić information content (AvgIpc) is 3.50. The van der Waals surface area contributed by atoms with Crippen LogP contribution in [0.15, 0.2) is 52.5 Å². The van der Waals surface area contributed by atoms with E-state index in [0.29, 0.717) is 16.3 Å². The van der Waals surface area contributed by atoms with Crippen molar-refractivity contribution in [3.05, 3.63) is 63.1 Å². The molecule has 214 valence electrons. The molecule has 2 aromatic rings. The first-order valence-corrected chi connectivity index (χ1v) is 14.9. The third-order valence-corrected chi connectivity index (χ3v) is 12.7. The van der Waals surface area contributed by atoms with Crippen molar-refractivity contribution < 1.29 is 23.9 Å². The van der Waals surface area contributed by atoms with E-state index in [1.165, 1.54) is 23.1 Å². The van der Waals surface area contributed by atoms with Gasteiger partial charge in [0.15, 0.2) is 4.33 Å². The Morgan fingerprint density at radius 1 is 0.878 bits per heavy atom. The smallest absolute Gasteiger partial charge is 0.316 e. The van der Waals surface area contributed by atoms with Crippen LogP contribution in [0.4, 0.5) is 11.4 Å². The SMILES string of the molecule is Cc1cc(OC(=O)[C@@H]2CC(=O)N(c3ccccc3Cl)C2)ccc1N1C(=O)[C@@H]2[C@H](C1=O)[C@@]1(Cl)C(Cl)=C(Cl)[C@@]2(Cl)C1(Cl)Cl. The van der Waals surface area contributed by atoms with Crippen LogP contribution >= 0.6 is 81.2 Å². The quantitative estimate of drug-likeness (QED) is 0.157. The van der Waals surface area contributed by atoms with Gasteiger partial charge in [0.05, 0.1) is 44.2 Å². The van der Waals surface area contributed by atoms with Gasteiger partial charge in [0.25, 0.3) is 0 Å². The molecule has 2 aromatic carbocycles. The summed E-state index contributed by atoms with van der Waals surface area (Å²) in [6.45, 7) is 1.74. The van der Waals surface area contributed by atoms with E-state index >= 15 is 0 Å². The molecule has 3 amide bonds. The molecule has 14 heteroatoms. The van der Waals surface area contributed by atoms with Crippen molar-refractivity contribution in [3.63, 3.8) is 0 Å². The third-order valence-electron chi connectivity index (χ3n) is 8.14. The number of hydrogen-bond acceptors (Lipinski definition) is 5. The fourth-order valence-corrected chi connectivity index (χ4v) is 9.31. The minimum absolute atomic E-state index is 0.0389. The summed E-state index contributed by atoms with van der Waals surface area (Å²) in [4.78, 5) is 51.4. The monoisotopic (exact) mass is 694 g/mol. The van der Waals surface area contributed by atoms with Gasteiger partial charge in [-0.15, -0.1) is 23.2 Å². The highest BCUT2D eigenvalue weighted by molar-refractivity contribution is 6.67. The lowest BCUT2D eigenvalue weighted by atomic mass is 9.84. The van der Waals surface area contributed by atoms with Gasteiger partial charge in [-0.1, -0.05) is 70.1 Å². The van der Waals surface area contributed by atoms with Gasteiger partial charge in [-0.2, -0.15) is 0 Å². The molecule has 5 atom stereocenters. The predicted molar refractivity (Wildman–Crippen MR) is 159 cm³/mol. The standard InChI is InChI=1S/C27H17Cl7N2O5/c1-11-8-13(41-24(40)12-9-17(37)35(10-12)16-5-3-2-4-14(16)28)6-7-15(11)36-22(38)18-19(23(36)39)26(32)21(30)20(29)25(18,31)27(26,33)34/h2-8,12,18-19H,9-10H2,1H3/t12-,18-,19+,25-,26-/m1/s1. The van der Waals surface area contributed by atoms with E-state index in [1.807, 2.05) is 0 Å². The molecule has 3 fully saturated rings. The summed E-state index contributed by atoms with van der Waals surface area (Å²) in [6.07, 6.45) is -0.0389. The van der Waals surface area contributed by atoms with Gasteiger partial charge in [0.2, 0.25) is 17.7 Å². The first-order valence-electron chi connectivity index (χ1n) is 12.2. The number of fused-ring (bicyclic) bond motifs is 5. The lowest BCUT2D eigenvalue weighted by Crippen LogP contribution is -2.50. The number of benzene rings is 2. The van der Waals surface area contributed by atoms with Crippen LogP contribution in [0.25, 0.3) is 0 Å². The van der Waals surface area contributed by atoms with Crippen molar-refractivity contribution in [3.8, 4) is 5.75 Å². The van der Waals surface area contributed by atoms with Crippen molar-refractivity contribution >= 4 is 116 Å². The second kappa shape index (κ2) is 9.65. The lowest BCUT2D eigenvalue weighted by Gasteiger charge is -2.34. The highest BCUT2D eigenvalue weighted by Gasteiger charge is 2.87. The van der Waals surface area contributed by atoms with Crippen LogP contribution in [0, 0.1) is 24.7 Å². The fourth-order valence-electron chi connectivity index (χ4n) is 6.14. The third kappa shape index (κ3) is 3.73. The number of amides is 3. The highest BCUT2D eigenvalue weighted by atomic mass is 35.5. The minimum atomic E-state index is -2.03. The first-order chi connectivity index (χ1) is 19.2. The molecule has 0 unspecified atom stereocenters. The maximum absolute atomic E-state index is 13.7. The van der Waals surface area contributed by atoms with Gasteiger partial charge in [-0.3, -0.25) is 19.2 Å². The summed E-state index contributed by atoms with van der Waals surface area (Å²) in [7, 11) is 0. The number of alkyl halides is 4. The van der Waals surface area contributed by atoms with Gasteiger partial charge in [0, 0.05) is 13.0 Å². The first kappa shape index (κ1) is 29.4. The average molecular weight is 698 g/mol. The number of rotatable bonds is 4. The molecule has 2 bridgehead atoms. The second-order valence-electron chi connectivity index (χ2n) is 10.3. The molecule has 1 saturated carbocycles. The number of allylic oxidation sites excluding steroid dienone is 2. The number of hydrogen-bond donors (Lipinski definition) is 0. The van der Waals surface area contributed by atoms with Gasteiger partial charge < -0.3 is 9.64 Å². The molecule has 7 nitrogen and oxygen atoms in total. The van der Waals surface area contributed by atoms with E-state index < -0.39 is 49.6 Å². The zero-order valence-electron chi connectivity index (χ0n) is 20.8.